The molecular weight excluding hydrogens is 415 g/mol. The molecule has 0 amide bonds. The monoisotopic (exact) mass is 460 g/mol. The summed E-state index contributed by atoms with van der Waals surface area (Å²) < 4.78 is 12.4. The van der Waals surface area contributed by atoms with Gasteiger partial charge in [-0.1, -0.05) is 64.3 Å². The highest BCUT2D eigenvalue weighted by atomic mass is 35.5. The van der Waals surface area contributed by atoms with Crippen molar-refractivity contribution in [3.63, 3.8) is 0 Å². The maximum Gasteiger partial charge on any atom is 0.457 e. The van der Waals surface area contributed by atoms with Gasteiger partial charge >= 0.3 is 7.12 Å². The summed E-state index contributed by atoms with van der Waals surface area (Å²) in [4.78, 5) is 0. The molecule has 0 radical (unpaired) electrons. The summed E-state index contributed by atoms with van der Waals surface area (Å²) in [5.41, 5.74) is 1.68. The van der Waals surface area contributed by atoms with Gasteiger partial charge in [-0.15, -0.1) is 0 Å². The predicted molar refractivity (Wildman–Crippen MR) is 138 cm³/mol. The Morgan fingerprint density at radius 3 is 1.91 bits per heavy atom. The molecule has 1 aliphatic carbocycles. The van der Waals surface area contributed by atoms with Gasteiger partial charge in [0.15, 0.2) is 0 Å². The largest absolute Gasteiger partial charge is 0.457 e. The van der Waals surface area contributed by atoms with E-state index in [2.05, 4.69) is 67.5 Å². The summed E-state index contributed by atoms with van der Waals surface area (Å²) in [5, 5.41) is 0.836. The molecule has 3 rings (SSSR count). The number of unbranched alkanes of at least 4 members (excludes halogenated alkanes) is 1. The molecule has 2 aliphatic rings. The Morgan fingerprint density at radius 1 is 0.875 bits per heavy atom. The van der Waals surface area contributed by atoms with Crippen molar-refractivity contribution < 1.29 is 9.31 Å². The van der Waals surface area contributed by atoms with Gasteiger partial charge in [0.2, 0.25) is 0 Å². The minimum absolute atomic E-state index is 0.0595. The van der Waals surface area contributed by atoms with Crippen LogP contribution >= 0.6 is 11.6 Å². The molecule has 1 unspecified atom stereocenters. The fourth-order valence-electron chi connectivity index (χ4n) is 5.88. The lowest BCUT2D eigenvalue weighted by Gasteiger charge is -2.50. The zero-order valence-corrected chi connectivity index (χ0v) is 22.6. The van der Waals surface area contributed by atoms with E-state index in [4.69, 9.17) is 20.9 Å². The molecule has 2 fully saturated rings. The van der Waals surface area contributed by atoms with E-state index in [9.17, 15) is 0 Å². The fraction of sp³-hybridized carbons (Fsp3) is 0.786. The van der Waals surface area contributed by atoms with Crippen molar-refractivity contribution in [3.05, 3.63) is 34.9 Å². The third-order valence-electron chi connectivity index (χ3n) is 9.37. The van der Waals surface area contributed by atoms with E-state index in [-0.39, 0.29) is 18.3 Å². The van der Waals surface area contributed by atoms with Crippen LogP contribution in [0.4, 0.5) is 0 Å². The second-order valence-electron chi connectivity index (χ2n) is 12.7. The van der Waals surface area contributed by atoms with Crippen LogP contribution in [0.25, 0.3) is 0 Å². The summed E-state index contributed by atoms with van der Waals surface area (Å²) in [7, 11) is -0.0595. The maximum atomic E-state index is 6.21. The third kappa shape index (κ3) is 5.58. The molecule has 1 atom stereocenters. The second kappa shape index (κ2) is 9.63. The van der Waals surface area contributed by atoms with Crippen molar-refractivity contribution in [1.82, 2.24) is 0 Å². The number of rotatable bonds is 7. The highest BCUT2D eigenvalue weighted by molar-refractivity contribution is 6.45. The van der Waals surface area contributed by atoms with Gasteiger partial charge in [-0.2, -0.15) is 0 Å². The average molecular weight is 461 g/mol. The van der Waals surface area contributed by atoms with E-state index in [0.717, 1.165) is 17.3 Å². The fourth-order valence-corrected chi connectivity index (χ4v) is 6.00. The van der Waals surface area contributed by atoms with Crippen LogP contribution in [0, 0.1) is 16.7 Å². The van der Waals surface area contributed by atoms with Crippen LogP contribution in [0.1, 0.15) is 112 Å². The molecule has 0 N–H and O–H groups in total. The number of halogens is 1. The lowest BCUT2D eigenvalue weighted by molar-refractivity contribution is 0.000468. The first-order valence-electron chi connectivity index (χ1n) is 12.9. The summed E-state index contributed by atoms with van der Waals surface area (Å²) >= 11 is 6.10. The van der Waals surface area contributed by atoms with Crippen molar-refractivity contribution in [2.24, 2.45) is 16.7 Å². The summed E-state index contributed by atoms with van der Waals surface area (Å²) in [6, 6.07) is 8.54. The molecule has 1 aromatic carbocycles. The van der Waals surface area contributed by atoms with Crippen LogP contribution in [0.3, 0.4) is 0 Å². The second-order valence-corrected chi connectivity index (χ2v) is 13.1. The van der Waals surface area contributed by atoms with Gasteiger partial charge in [0, 0.05) is 5.02 Å². The number of benzene rings is 1. The molecule has 0 bridgehead atoms. The van der Waals surface area contributed by atoms with Crippen molar-refractivity contribution in [3.8, 4) is 0 Å². The molecule has 32 heavy (non-hydrogen) atoms. The van der Waals surface area contributed by atoms with E-state index in [1.165, 1.54) is 50.5 Å². The van der Waals surface area contributed by atoms with E-state index >= 15 is 0 Å². The van der Waals surface area contributed by atoms with Crippen LogP contribution in [0.15, 0.2) is 24.3 Å². The predicted octanol–water partition coefficient (Wildman–Crippen LogP) is 8.93. The Labute approximate surface area is 203 Å². The van der Waals surface area contributed by atoms with Crippen LogP contribution in [-0.4, -0.2) is 18.3 Å². The van der Waals surface area contributed by atoms with E-state index in [1.807, 2.05) is 12.1 Å². The zero-order valence-electron chi connectivity index (χ0n) is 21.9. The van der Waals surface area contributed by atoms with Gasteiger partial charge < -0.3 is 9.31 Å². The molecule has 180 valence electrons. The Hall–Kier alpha value is -0.505. The van der Waals surface area contributed by atoms with Gasteiger partial charge in [0.1, 0.15) is 0 Å². The van der Waals surface area contributed by atoms with E-state index in [0.29, 0.717) is 16.7 Å². The first-order valence-corrected chi connectivity index (χ1v) is 13.2. The first-order chi connectivity index (χ1) is 14.8. The van der Waals surface area contributed by atoms with Crippen molar-refractivity contribution in [2.45, 2.75) is 124 Å². The topological polar surface area (TPSA) is 18.5 Å². The summed E-state index contributed by atoms with van der Waals surface area (Å²) in [6.07, 6.45) is 9.95. The van der Waals surface area contributed by atoms with Crippen LogP contribution in [0.2, 0.25) is 11.3 Å². The summed E-state index contributed by atoms with van der Waals surface area (Å²) in [6.45, 7) is 18.5. The van der Waals surface area contributed by atoms with Gasteiger partial charge in [0.05, 0.1) is 11.2 Å². The minimum Gasteiger partial charge on any atom is -0.403 e. The lowest BCUT2D eigenvalue weighted by Crippen LogP contribution is -2.41. The molecule has 2 nitrogen and oxygen atoms in total. The molecule has 1 saturated carbocycles. The molecule has 1 aromatic rings. The molecular formula is C28H46BClO2. The Balaban J connectivity index is 1.54. The Morgan fingerprint density at radius 2 is 1.41 bits per heavy atom. The van der Waals surface area contributed by atoms with Gasteiger partial charge in [-0.25, -0.2) is 0 Å². The van der Waals surface area contributed by atoms with Crippen LogP contribution in [-0.2, 0) is 9.31 Å². The SMILES string of the molecule is CC(C)(C)C(C)(CCCCB1OC(C)(C)C(C)(C)O1)C1CCC(c2ccc(Cl)cc2)CC1. The van der Waals surface area contributed by atoms with Crippen molar-refractivity contribution in [1.29, 1.82) is 0 Å². The van der Waals surface area contributed by atoms with Gasteiger partial charge in [-0.05, 0) is 106 Å². The molecule has 4 heteroatoms. The van der Waals surface area contributed by atoms with E-state index in [1.54, 1.807) is 0 Å². The maximum absolute atomic E-state index is 6.21. The Kier molecular flexibility index (Phi) is 7.85. The zero-order chi connectivity index (χ0) is 23.8. The lowest BCUT2D eigenvalue weighted by atomic mass is 9.54. The van der Waals surface area contributed by atoms with Gasteiger partial charge in [-0.3, -0.25) is 0 Å². The molecule has 1 saturated heterocycles. The first kappa shape index (κ1) is 26.1. The molecule has 0 spiro atoms. The smallest absolute Gasteiger partial charge is 0.403 e. The number of hydrogen-bond acceptors (Lipinski definition) is 2. The van der Waals surface area contributed by atoms with E-state index < -0.39 is 0 Å². The quantitative estimate of drug-likeness (QED) is 0.298. The third-order valence-corrected chi connectivity index (χ3v) is 9.62. The summed E-state index contributed by atoms with van der Waals surface area (Å²) in [5.74, 6) is 1.49. The standard InChI is InChI=1S/C28H46BClO2/c1-25(2,3)28(8,19-9-10-20-29-31-26(4,5)27(6,7)32-29)23-15-11-21(12-16-23)22-13-17-24(30)18-14-22/h13-14,17-18,21,23H,9-12,15-16,19-20H2,1-8H3. The van der Waals surface area contributed by atoms with Crippen LogP contribution in [0.5, 0.6) is 0 Å². The number of hydrogen-bond donors (Lipinski definition) is 0. The highest BCUT2D eigenvalue weighted by Gasteiger charge is 2.50. The average Bonchev–Trinajstić information content (AvgIpc) is 2.91. The molecule has 1 aliphatic heterocycles. The van der Waals surface area contributed by atoms with Crippen molar-refractivity contribution >= 4 is 18.7 Å². The minimum atomic E-state index is -0.222. The van der Waals surface area contributed by atoms with Crippen LogP contribution < -0.4 is 0 Å². The normalized spacial score (nSPS) is 27.3. The molecule has 1 heterocycles. The molecule has 0 aromatic heterocycles. The van der Waals surface area contributed by atoms with Gasteiger partial charge in [0.25, 0.3) is 0 Å². The Bertz CT molecular complexity index is 728. The highest BCUT2D eigenvalue weighted by Crippen LogP contribution is 2.54. The van der Waals surface area contributed by atoms with Crippen molar-refractivity contribution in [2.75, 3.05) is 0 Å².